The fraction of sp³-hybridized carbons (Fsp3) is 0.231. The molecule has 2 aromatic rings. The minimum Gasteiger partial charge on any atom is -0.469 e. The summed E-state index contributed by atoms with van der Waals surface area (Å²) in [5.74, 6) is -0.584. The Labute approximate surface area is 104 Å². The average Bonchev–Trinajstić information content (AvgIpc) is 2.85. The Balaban J connectivity index is 2.03. The highest BCUT2D eigenvalue weighted by Crippen LogP contribution is 2.22. The largest absolute Gasteiger partial charge is 0.469 e. The van der Waals surface area contributed by atoms with Gasteiger partial charge in [-0.3, -0.25) is 9.59 Å². The van der Waals surface area contributed by atoms with Gasteiger partial charge in [-0.15, -0.1) is 0 Å². The van der Waals surface area contributed by atoms with Gasteiger partial charge >= 0.3 is 5.97 Å². The molecule has 0 saturated carbocycles. The summed E-state index contributed by atoms with van der Waals surface area (Å²) in [4.78, 5) is 25.7. The molecule has 0 aliphatic heterocycles. The summed E-state index contributed by atoms with van der Waals surface area (Å²) in [7, 11) is 1.31. The van der Waals surface area contributed by atoms with Crippen LogP contribution in [0.5, 0.6) is 0 Å². The van der Waals surface area contributed by atoms with Crippen LogP contribution in [0.4, 0.5) is 5.69 Å². The fourth-order valence-electron chi connectivity index (χ4n) is 1.72. The average molecular weight is 246 g/mol. The molecular weight excluding hydrogens is 232 g/mol. The molecule has 18 heavy (non-hydrogen) atoms. The first-order chi connectivity index (χ1) is 8.70. The number of hydrogen-bond donors (Lipinski definition) is 2. The van der Waals surface area contributed by atoms with Crippen LogP contribution in [0.2, 0.25) is 0 Å². The predicted octanol–water partition coefficient (Wildman–Crippen LogP) is 2.06. The quantitative estimate of drug-likeness (QED) is 0.811. The van der Waals surface area contributed by atoms with Gasteiger partial charge in [-0.05, 0) is 18.2 Å². The van der Waals surface area contributed by atoms with Crippen molar-refractivity contribution in [1.82, 2.24) is 4.98 Å². The number of aromatic amines is 1. The molecule has 0 bridgehead atoms. The topological polar surface area (TPSA) is 71.2 Å². The van der Waals surface area contributed by atoms with Crippen molar-refractivity contribution in [3.63, 3.8) is 0 Å². The number of fused-ring (bicyclic) bond motifs is 1. The number of carbonyl (C=O) groups excluding carboxylic acids is 2. The van der Waals surface area contributed by atoms with Crippen molar-refractivity contribution in [2.24, 2.45) is 0 Å². The van der Waals surface area contributed by atoms with Crippen molar-refractivity contribution in [3.05, 3.63) is 30.5 Å². The number of amides is 1. The van der Waals surface area contributed by atoms with Gasteiger partial charge in [-0.2, -0.15) is 0 Å². The van der Waals surface area contributed by atoms with Crippen molar-refractivity contribution < 1.29 is 14.3 Å². The number of carbonyl (C=O) groups is 2. The lowest BCUT2D eigenvalue weighted by atomic mass is 10.2. The van der Waals surface area contributed by atoms with Gasteiger partial charge in [-0.25, -0.2) is 0 Å². The van der Waals surface area contributed by atoms with E-state index in [4.69, 9.17) is 0 Å². The summed E-state index contributed by atoms with van der Waals surface area (Å²) in [5, 5.41) is 3.73. The summed E-state index contributed by atoms with van der Waals surface area (Å²) in [5.41, 5.74) is 1.70. The van der Waals surface area contributed by atoms with Gasteiger partial charge in [0.05, 0.1) is 19.2 Å². The van der Waals surface area contributed by atoms with Gasteiger partial charge in [0.1, 0.15) is 0 Å². The summed E-state index contributed by atoms with van der Waals surface area (Å²) in [6.45, 7) is 0. The molecular formula is C13H14N2O3. The third-order valence-electron chi connectivity index (χ3n) is 2.65. The maximum absolute atomic E-state index is 11.7. The Hall–Kier alpha value is -2.30. The van der Waals surface area contributed by atoms with Gasteiger partial charge in [0.15, 0.2) is 0 Å². The van der Waals surface area contributed by atoms with Gasteiger partial charge in [0.25, 0.3) is 0 Å². The van der Waals surface area contributed by atoms with E-state index in [0.717, 1.165) is 16.6 Å². The van der Waals surface area contributed by atoms with E-state index in [1.54, 1.807) is 0 Å². The number of H-pyrrole nitrogens is 1. The number of hydrogen-bond acceptors (Lipinski definition) is 3. The van der Waals surface area contributed by atoms with Gasteiger partial charge < -0.3 is 15.0 Å². The smallest absolute Gasteiger partial charge is 0.306 e. The molecule has 1 aromatic heterocycles. The molecule has 0 fully saturated rings. The zero-order valence-corrected chi connectivity index (χ0v) is 10.0. The van der Waals surface area contributed by atoms with E-state index in [2.05, 4.69) is 15.0 Å². The molecule has 0 spiro atoms. The van der Waals surface area contributed by atoms with E-state index in [9.17, 15) is 9.59 Å². The SMILES string of the molecule is COC(=O)CCC(=O)Nc1cccc2[nH]ccc12. The lowest BCUT2D eigenvalue weighted by Gasteiger charge is -2.06. The molecule has 0 atom stereocenters. The van der Waals surface area contributed by atoms with Crippen LogP contribution in [0, 0.1) is 0 Å². The van der Waals surface area contributed by atoms with Crippen molar-refractivity contribution in [3.8, 4) is 0 Å². The second-order valence-corrected chi connectivity index (χ2v) is 3.87. The van der Waals surface area contributed by atoms with E-state index in [0.29, 0.717) is 0 Å². The Morgan fingerprint density at radius 1 is 1.28 bits per heavy atom. The first-order valence-electron chi connectivity index (χ1n) is 5.63. The van der Waals surface area contributed by atoms with Gasteiger partial charge in [0.2, 0.25) is 5.91 Å². The molecule has 2 rings (SSSR count). The molecule has 1 amide bonds. The number of ether oxygens (including phenoxy) is 1. The number of methoxy groups -OCH3 is 1. The lowest BCUT2D eigenvalue weighted by Crippen LogP contribution is -2.14. The van der Waals surface area contributed by atoms with Gasteiger partial charge in [0, 0.05) is 23.5 Å². The lowest BCUT2D eigenvalue weighted by molar-refractivity contribution is -0.141. The van der Waals surface area contributed by atoms with Crippen molar-refractivity contribution in [2.75, 3.05) is 12.4 Å². The molecule has 1 aromatic carbocycles. The maximum atomic E-state index is 11.7. The minimum absolute atomic E-state index is 0.0887. The van der Waals surface area contributed by atoms with Crippen molar-refractivity contribution >= 4 is 28.5 Å². The highest BCUT2D eigenvalue weighted by atomic mass is 16.5. The van der Waals surface area contributed by atoms with Crippen LogP contribution in [-0.2, 0) is 14.3 Å². The summed E-state index contributed by atoms with van der Waals surface area (Å²) < 4.78 is 4.48. The highest BCUT2D eigenvalue weighted by Gasteiger charge is 2.09. The van der Waals surface area contributed by atoms with E-state index >= 15 is 0 Å². The van der Waals surface area contributed by atoms with Crippen LogP contribution in [0.3, 0.4) is 0 Å². The third kappa shape index (κ3) is 2.68. The van der Waals surface area contributed by atoms with Crippen LogP contribution in [0.1, 0.15) is 12.8 Å². The molecule has 0 unspecified atom stereocenters. The molecule has 5 nitrogen and oxygen atoms in total. The van der Waals surface area contributed by atoms with Crippen LogP contribution >= 0.6 is 0 Å². The first kappa shape index (κ1) is 12.2. The molecule has 0 saturated heterocycles. The fourth-order valence-corrected chi connectivity index (χ4v) is 1.72. The summed E-state index contributed by atoms with van der Waals surface area (Å²) >= 11 is 0. The summed E-state index contributed by atoms with van der Waals surface area (Å²) in [6, 6.07) is 7.51. The molecule has 1 heterocycles. The number of esters is 1. The monoisotopic (exact) mass is 246 g/mol. The molecule has 0 aliphatic rings. The molecule has 94 valence electrons. The zero-order valence-electron chi connectivity index (χ0n) is 10.0. The number of rotatable bonds is 4. The van der Waals surface area contributed by atoms with Crippen LogP contribution in [0.15, 0.2) is 30.5 Å². The van der Waals surface area contributed by atoms with E-state index < -0.39 is 0 Å². The number of benzene rings is 1. The van der Waals surface area contributed by atoms with Gasteiger partial charge in [-0.1, -0.05) is 6.07 Å². The Morgan fingerprint density at radius 2 is 2.11 bits per heavy atom. The van der Waals surface area contributed by atoms with Crippen LogP contribution < -0.4 is 5.32 Å². The Morgan fingerprint density at radius 3 is 2.89 bits per heavy atom. The maximum Gasteiger partial charge on any atom is 0.306 e. The second-order valence-electron chi connectivity index (χ2n) is 3.87. The van der Waals surface area contributed by atoms with E-state index in [1.165, 1.54) is 7.11 Å². The van der Waals surface area contributed by atoms with Crippen molar-refractivity contribution in [1.29, 1.82) is 0 Å². The minimum atomic E-state index is -0.384. The molecule has 0 aliphatic carbocycles. The first-order valence-corrected chi connectivity index (χ1v) is 5.63. The summed E-state index contributed by atoms with van der Waals surface area (Å²) in [6.07, 6.45) is 2.02. The zero-order chi connectivity index (χ0) is 13.0. The van der Waals surface area contributed by atoms with E-state index in [1.807, 2.05) is 30.5 Å². The van der Waals surface area contributed by atoms with Crippen LogP contribution in [0.25, 0.3) is 10.9 Å². The second kappa shape index (κ2) is 5.35. The third-order valence-corrected chi connectivity index (χ3v) is 2.65. The standard InChI is InChI=1S/C13H14N2O3/c1-18-13(17)6-5-12(16)15-11-4-2-3-10-9(11)7-8-14-10/h2-4,7-8,14H,5-6H2,1H3,(H,15,16). The molecule has 0 radical (unpaired) electrons. The molecule has 5 heteroatoms. The predicted molar refractivity (Wildman–Crippen MR) is 68.2 cm³/mol. The molecule has 2 N–H and O–H groups in total. The van der Waals surface area contributed by atoms with Crippen molar-refractivity contribution in [2.45, 2.75) is 12.8 Å². The number of aromatic nitrogens is 1. The Kier molecular flexibility index (Phi) is 3.62. The Bertz CT molecular complexity index is 574. The number of anilines is 1. The van der Waals surface area contributed by atoms with Crippen LogP contribution in [-0.4, -0.2) is 24.0 Å². The number of nitrogens with one attached hydrogen (secondary N) is 2. The highest BCUT2D eigenvalue weighted by molar-refractivity contribution is 6.01. The normalized spacial score (nSPS) is 10.3. The van der Waals surface area contributed by atoms with E-state index in [-0.39, 0.29) is 24.7 Å².